The Hall–Kier alpha value is -1.52. The number of halogens is 2. The van der Waals surface area contributed by atoms with Crippen molar-refractivity contribution in [1.29, 1.82) is 0 Å². The van der Waals surface area contributed by atoms with Gasteiger partial charge in [-0.15, -0.1) is 0 Å². The minimum Gasteiger partial charge on any atom is -0.459 e. The van der Waals surface area contributed by atoms with Gasteiger partial charge in [-0.1, -0.05) is 48.5 Å². The molecule has 4 nitrogen and oxygen atoms in total. The van der Waals surface area contributed by atoms with E-state index in [1.54, 1.807) is 19.1 Å². The number of carbonyl (C=O) groups excluding carboxylic acids is 2. The van der Waals surface area contributed by atoms with Crippen molar-refractivity contribution in [2.24, 2.45) is 0 Å². The maximum Gasteiger partial charge on any atom is 0.336 e. The van der Waals surface area contributed by atoms with Crippen LogP contribution in [0.2, 0.25) is 10.0 Å². The van der Waals surface area contributed by atoms with Crippen LogP contribution in [0, 0.1) is 0 Å². The van der Waals surface area contributed by atoms with E-state index < -0.39 is 0 Å². The van der Waals surface area contributed by atoms with E-state index in [4.69, 9.17) is 27.9 Å². The van der Waals surface area contributed by atoms with Crippen LogP contribution in [-0.4, -0.2) is 18.0 Å². The minimum absolute atomic E-state index is 0.0508. The summed E-state index contributed by atoms with van der Waals surface area (Å²) in [5, 5.41) is 3.63. The van der Waals surface area contributed by atoms with E-state index in [1.807, 2.05) is 6.07 Å². The molecule has 6 heteroatoms. The number of amides is 1. The Morgan fingerprint density at radius 3 is 2.41 bits per heavy atom. The molecule has 0 radical (unpaired) electrons. The smallest absolute Gasteiger partial charge is 0.336 e. The van der Waals surface area contributed by atoms with Crippen LogP contribution in [0.4, 0.5) is 0 Å². The molecule has 0 spiro atoms. The van der Waals surface area contributed by atoms with E-state index in [0.717, 1.165) is 31.2 Å². The molecule has 0 aromatic heterocycles. The third kappa shape index (κ3) is 5.05. The highest BCUT2D eigenvalue weighted by molar-refractivity contribution is 6.42. The lowest BCUT2D eigenvalue weighted by atomic mass is 9.84. The van der Waals surface area contributed by atoms with Crippen LogP contribution in [0.25, 0.3) is 0 Å². The summed E-state index contributed by atoms with van der Waals surface area (Å²) < 4.78 is 5.87. The number of hydrogen-bond donors (Lipinski definition) is 1. The molecule has 1 fully saturated rings. The SMILES string of the molecule is CC1=C(C(=O)OC2CCCCCCC2)[C@@H](c2ccc(Cl)c(Cl)c2)CC(=O)N1. The van der Waals surface area contributed by atoms with Gasteiger partial charge in [0.1, 0.15) is 6.10 Å². The number of rotatable bonds is 3. The summed E-state index contributed by atoms with van der Waals surface area (Å²) in [4.78, 5) is 25.1. The van der Waals surface area contributed by atoms with Crippen LogP contribution in [0.1, 0.15) is 69.8 Å². The number of esters is 1. The van der Waals surface area contributed by atoms with Gasteiger partial charge in [0.25, 0.3) is 0 Å². The summed E-state index contributed by atoms with van der Waals surface area (Å²) in [6.07, 6.45) is 7.76. The zero-order valence-corrected chi connectivity index (χ0v) is 17.0. The Morgan fingerprint density at radius 1 is 1.07 bits per heavy atom. The predicted octanol–water partition coefficient (Wildman–Crippen LogP) is 5.53. The second-order valence-corrected chi connectivity index (χ2v) is 8.20. The second-order valence-electron chi connectivity index (χ2n) is 7.39. The highest BCUT2D eigenvalue weighted by Crippen LogP contribution is 2.36. The fraction of sp³-hybridized carbons (Fsp3) is 0.524. The maximum atomic E-state index is 13.0. The zero-order valence-electron chi connectivity index (χ0n) is 15.5. The Kier molecular flexibility index (Phi) is 6.83. The van der Waals surface area contributed by atoms with Crippen LogP contribution in [-0.2, 0) is 14.3 Å². The van der Waals surface area contributed by atoms with Crippen molar-refractivity contribution >= 4 is 35.1 Å². The molecule has 0 bridgehead atoms. The van der Waals surface area contributed by atoms with Crippen LogP contribution in [0.3, 0.4) is 0 Å². The lowest BCUT2D eigenvalue weighted by Gasteiger charge is -2.28. The lowest BCUT2D eigenvalue weighted by Crippen LogP contribution is -2.35. The first-order valence-corrected chi connectivity index (χ1v) is 10.4. The van der Waals surface area contributed by atoms with E-state index in [2.05, 4.69) is 5.32 Å². The first-order chi connectivity index (χ1) is 13.0. The van der Waals surface area contributed by atoms with Crippen molar-refractivity contribution in [2.45, 2.75) is 70.3 Å². The normalized spacial score (nSPS) is 22.0. The lowest BCUT2D eigenvalue weighted by molar-refractivity contribution is -0.145. The molecule has 1 heterocycles. The number of nitrogens with one attached hydrogen (secondary N) is 1. The topological polar surface area (TPSA) is 55.4 Å². The molecule has 0 saturated heterocycles. The highest BCUT2D eigenvalue weighted by atomic mass is 35.5. The summed E-state index contributed by atoms with van der Waals surface area (Å²) in [6.45, 7) is 1.75. The molecular weight excluding hydrogens is 385 g/mol. The summed E-state index contributed by atoms with van der Waals surface area (Å²) in [7, 11) is 0. The van der Waals surface area contributed by atoms with Crippen LogP contribution in [0.15, 0.2) is 29.5 Å². The Bertz CT molecular complexity index is 752. The quantitative estimate of drug-likeness (QED) is 0.667. The summed E-state index contributed by atoms with van der Waals surface area (Å²) in [5.74, 6) is -0.838. The third-order valence-corrected chi connectivity index (χ3v) is 6.10. The fourth-order valence-corrected chi connectivity index (χ4v) is 4.24. The largest absolute Gasteiger partial charge is 0.459 e. The van der Waals surface area contributed by atoms with Crippen molar-refractivity contribution < 1.29 is 14.3 Å². The molecule has 1 saturated carbocycles. The molecule has 3 rings (SSSR count). The molecule has 1 aliphatic carbocycles. The molecule has 0 unspecified atom stereocenters. The molecule has 27 heavy (non-hydrogen) atoms. The fourth-order valence-electron chi connectivity index (χ4n) is 3.94. The van der Waals surface area contributed by atoms with Gasteiger partial charge in [0.2, 0.25) is 5.91 Å². The highest BCUT2D eigenvalue weighted by Gasteiger charge is 2.34. The zero-order chi connectivity index (χ0) is 19.4. The Balaban J connectivity index is 1.84. The van der Waals surface area contributed by atoms with Crippen molar-refractivity contribution in [3.05, 3.63) is 45.1 Å². The van der Waals surface area contributed by atoms with Crippen molar-refractivity contribution in [2.75, 3.05) is 0 Å². The van der Waals surface area contributed by atoms with Crippen molar-refractivity contribution in [3.63, 3.8) is 0 Å². The predicted molar refractivity (Wildman–Crippen MR) is 107 cm³/mol. The molecular formula is C21H25Cl2NO3. The molecule has 1 N–H and O–H groups in total. The van der Waals surface area contributed by atoms with Crippen molar-refractivity contribution in [1.82, 2.24) is 5.32 Å². The number of benzene rings is 1. The molecule has 1 aliphatic heterocycles. The Labute approximate surface area is 170 Å². The molecule has 1 amide bonds. The molecule has 1 atom stereocenters. The average molecular weight is 410 g/mol. The van der Waals surface area contributed by atoms with E-state index in [-0.39, 0.29) is 30.3 Å². The first kappa shape index (κ1) is 20.2. The standard InChI is InChI=1S/C21H25Cl2NO3/c1-13-20(21(26)27-15-7-5-3-2-4-6-8-15)16(12-19(25)24-13)14-9-10-17(22)18(23)11-14/h9-11,15-16H,2-8,12H2,1H3,(H,24,25)/t16-/m1/s1. The number of ether oxygens (including phenoxy) is 1. The number of allylic oxidation sites excluding steroid dienone is 1. The van der Waals surface area contributed by atoms with Crippen LogP contribution >= 0.6 is 23.2 Å². The monoisotopic (exact) mass is 409 g/mol. The van der Waals surface area contributed by atoms with E-state index in [0.29, 0.717) is 21.3 Å². The number of carbonyl (C=O) groups is 2. The Morgan fingerprint density at radius 2 is 1.74 bits per heavy atom. The van der Waals surface area contributed by atoms with Gasteiger partial charge >= 0.3 is 5.97 Å². The van der Waals surface area contributed by atoms with E-state index in [1.165, 1.54) is 19.3 Å². The summed E-state index contributed by atoms with van der Waals surface area (Å²) in [6, 6.07) is 5.23. The van der Waals surface area contributed by atoms with Gasteiger partial charge in [-0.3, -0.25) is 4.79 Å². The van der Waals surface area contributed by atoms with Gasteiger partial charge in [0.15, 0.2) is 0 Å². The third-order valence-electron chi connectivity index (χ3n) is 5.36. The van der Waals surface area contributed by atoms with Gasteiger partial charge in [0, 0.05) is 18.0 Å². The van der Waals surface area contributed by atoms with Gasteiger partial charge in [-0.25, -0.2) is 4.79 Å². The van der Waals surface area contributed by atoms with Crippen LogP contribution in [0.5, 0.6) is 0 Å². The minimum atomic E-state index is -0.380. The van der Waals surface area contributed by atoms with Gasteiger partial charge < -0.3 is 10.1 Å². The maximum absolute atomic E-state index is 13.0. The van der Waals surface area contributed by atoms with Gasteiger partial charge in [-0.2, -0.15) is 0 Å². The molecule has 146 valence electrons. The first-order valence-electron chi connectivity index (χ1n) is 9.62. The summed E-state index contributed by atoms with van der Waals surface area (Å²) in [5.41, 5.74) is 1.86. The van der Waals surface area contributed by atoms with Crippen LogP contribution < -0.4 is 5.32 Å². The van der Waals surface area contributed by atoms with Gasteiger partial charge in [-0.05, 0) is 50.3 Å². The second kappa shape index (κ2) is 9.11. The average Bonchev–Trinajstić information content (AvgIpc) is 2.58. The molecule has 1 aromatic rings. The summed E-state index contributed by atoms with van der Waals surface area (Å²) >= 11 is 12.2. The van der Waals surface area contributed by atoms with E-state index >= 15 is 0 Å². The van der Waals surface area contributed by atoms with E-state index in [9.17, 15) is 9.59 Å². The van der Waals surface area contributed by atoms with Crippen molar-refractivity contribution in [3.8, 4) is 0 Å². The number of hydrogen-bond acceptors (Lipinski definition) is 3. The molecule has 1 aromatic carbocycles. The molecule has 2 aliphatic rings. The van der Waals surface area contributed by atoms with Gasteiger partial charge in [0.05, 0.1) is 15.6 Å².